The largest absolute Gasteiger partial charge is 0.436 e. The molecule has 0 bridgehead atoms. The molecule has 0 aromatic carbocycles. The van der Waals surface area contributed by atoms with Crippen molar-refractivity contribution in [2.45, 2.75) is 31.7 Å². The molecule has 0 saturated carbocycles. The Labute approximate surface area is 134 Å². The van der Waals surface area contributed by atoms with E-state index in [1.807, 2.05) is 0 Å². The number of hydrogen-bond acceptors (Lipinski definition) is 4. The third-order valence-corrected chi connectivity index (χ3v) is 3.91. The summed E-state index contributed by atoms with van der Waals surface area (Å²) in [5.74, 6) is -1.33. The molecule has 1 aromatic rings. The summed E-state index contributed by atoms with van der Waals surface area (Å²) in [4.78, 5) is 12.4. The molecule has 1 aliphatic heterocycles. The number of nitrogens with zero attached hydrogens (tertiary/aromatic N) is 4. The van der Waals surface area contributed by atoms with Crippen molar-refractivity contribution in [3.8, 4) is 0 Å². The first-order valence-electron chi connectivity index (χ1n) is 6.08. The molecule has 128 valence electrons. The number of hydrogen-bond donors (Lipinski definition) is 1. The van der Waals surface area contributed by atoms with Crippen molar-refractivity contribution in [1.82, 2.24) is 14.8 Å². The predicted octanol–water partition coefficient (Wildman–Crippen LogP) is 2.38. The van der Waals surface area contributed by atoms with Gasteiger partial charge in [0, 0.05) is 19.2 Å². The third kappa shape index (κ3) is 2.84. The van der Waals surface area contributed by atoms with Crippen molar-refractivity contribution in [2.75, 3.05) is 0 Å². The van der Waals surface area contributed by atoms with Crippen molar-refractivity contribution in [1.29, 1.82) is 0 Å². The van der Waals surface area contributed by atoms with Gasteiger partial charge >= 0.3 is 6.18 Å². The molecular weight excluding hydrogens is 395 g/mol. The van der Waals surface area contributed by atoms with Crippen LogP contribution in [0.15, 0.2) is 9.57 Å². The van der Waals surface area contributed by atoms with Gasteiger partial charge in [-0.1, -0.05) is 0 Å². The number of halogens is 6. The van der Waals surface area contributed by atoms with Gasteiger partial charge in [-0.2, -0.15) is 28.4 Å². The minimum absolute atomic E-state index is 0.0375. The van der Waals surface area contributed by atoms with E-state index in [-0.39, 0.29) is 10.7 Å². The molecule has 1 amide bonds. The zero-order chi connectivity index (χ0) is 17.7. The Morgan fingerprint density at radius 2 is 2.00 bits per heavy atom. The quantitative estimate of drug-likeness (QED) is 0.769. The van der Waals surface area contributed by atoms with Crippen molar-refractivity contribution in [3.05, 3.63) is 15.9 Å². The fraction of sp³-hybridized carbons (Fsp3) is 0.545. The van der Waals surface area contributed by atoms with E-state index in [9.17, 15) is 31.9 Å². The maximum Gasteiger partial charge on any atom is 0.436 e. The van der Waals surface area contributed by atoms with Gasteiger partial charge in [0.05, 0.1) is 4.47 Å². The minimum atomic E-state index is -4.85. The molecular formula is C11H10BrF5N4O2. The zero-order valence-electron chi connectivity index (χ0n) is 11.7. The second-order valence-corrected chi connectivity index (χ2v) is 5.73. The number of aromatic nitrogens is 2. The zero-order valence-corrected chi connectivity index (χ0v) is 13.3. The van der Waals surface area contributed by atoms with E-state index in [4.69, 9.17) is 0 Å². The van der Waals surface area contributed by atoms with Crippen LogP contribution in [0.3, 0.4) is 0 Å². The average Bonchev–Trinajstić information content (AvgIpc) is 2.86. The van der Waals surface area contributed by atoms with Crippen LogP contribution in [-0.4, -0.2) is 43.7 Å². The average molecular weight is 405 g/mol. The normalized spacial score (nSPS) is 22.0. The second kappa shape index (κ2) is 5.51. The van der Waals surface area contributed by atoms with Gasteiger partial charge in [0.25, 0.3) is 12.3 Å². The van der Waals surface area contributed by atoms with Crippen molar-refractivity contribution < 1.29 is 31.9 Å². The first-order valence-corrected chi connectivity index (χ1v) is 6.87. The minimum Gasteiger partial charge on any atom is -0.364 e. The monoisotopic (exact) mass is 404 g/mol. The van der Waals surface area contributed by atoms with Crippen LogP contribution in [0.2, 0.25) is 0 Å². The highest BCUT2D eigenvalue weighted by atomic mass is 79.9. The van der Waals surface area contributed by atoms with Gasteiger partial charge in [-0.3, -0.25) is 9.48 Å². The van der Waals surface area contributed by atoms with E-state index in [0.29, 0.717) is 4.68 Å². The Hall–Kier alpha value is -1.56. The molecule has 0 radical (unpaired) electrons. The van der Waals surface area contributed by atoms with E-state index in [1.165, 1.54) is 6.92 Å². The van der Waals surface area contributed by atoms with Crippen LogP contribution in [0.25, 0.3) is 0 Å². The molecule has 0 unspecified atom stereocenters. The van der Waals surface area contributed by atoms with Crippen molar-refractivity contribution in [2.24, 2.45) is 12.1 Å². The summed E-state index contributed by atoms with van der Waals surface area (Å²) in [6, 6.07) is 0. The molecule has 6 nitrogen and oxygen atoms in total. The molecule has 0 saturated heterocycles. The summed E-state index contributed by atoms with van der Waals surface area (Å²) in [5, 5.41) is 16.7. The van der Waals surface area contributed by atoms with E-state index < -0.39 is 46.5 Å². The SMILES string of the molecule is CC1=NN(C(=O)c2c(Br)c(C(F)(F)F)nn2C)[C@](O)(C(F)F)C1. The first-order chi connectivity index (χ1) is 10.4. The van der Waals surface area contributed by atoms with Gasteiger partial charge in [0.15, 0.2) is 5.69 Å². The molecule has 23 heavy (non-hydrogen) atoms. The number of amides is 1. The topological polar surface area (TPSA) is 70.7 Å². The Bertz CT molecular complexity index is 687. The predicted molar refractivity (Wildman–Crippen MR) is 70.8 cm³/mol. The molecule has 1 aliphatic rings. The maximum atomic E-state index is 13.1. The number of hydrazone groups is 1. The van der Waals surface area contributed by atoms with E-state index in [1.54, 1.807) is 0 Å². The lowest BCUT2D eigenvalue weighted by molar-refractivity contribution is -0.164. The highest BCUT2D eigenvalue weighted by Gasteiger charge is 2.52. The standard InChI is InChI=1S/C11H10BrF5N4O2/c1-4-3-10(23,9(13)14)21(18-4)8(22)6-5(12)7(11(15,16)17)19-20(6)2/h9,23H,3H2,1-2H3/t10-/m1/s1. The van der Waals surface area contributed by atoms with Gasteiger partial charge in [-0.15, -0.1) is 0 Å². The lowest BCUT2D eigenvalue weighted by Gasteiger charge is -2.30. The van der Waals surface area contributed by atoms with Crippen molar-refractivity contribution >= 4 is 27.5 Å². The van der Waals surface area contributed by atoms with Crippen LogP contribution in [0.5, 0.6) is 0 Å². The Balaban J connectivity index is 2.51. The number of carbonyl (C=O) groups excluding carboxylic acids is 1. The lowest BCUT2D eigenvalue weighted by atomic mass is 10.1. The number of aryl methyl sites for hydroxylation is 1. The van der Waals surface area contributed by atoms with Crippen LogP contribution in [0.1, 0.15) is 29.5 Å². The van der Waals surface area contributed by atoms with Gasteiger partial charge in [0.1, 0.15) is 5.69 Å². The molecule has 1 atom stereocenters. The molecule has 0 spiro atoms. The molecule has 2 rings (SSSR count). The summed E-state index contributed by atoms with van der Waals surface area (Å²) >= 11 is 2.61. The second-order valence-electron chi connectivity index (χ2n) is 4.94. The molecule has 1 aromatic heterocycles. The number of rotatable bonds is 2. The highest BCUT2D eigenvalue weighted by molar-refractivity contribution is 9.10. The van der Waals surface area contributed by atoms with E-state index in [2.05, 4.69) is 26.1 Å². The fourth-order valence-electron chi connectivity index (χ4n) is 2.15. The summed E-state index contributed by atoms with van der Waals surface area (Å²) in [6.07, 6.45) is -8.82. The number of aliphatic hydroxyl groups is 1. The Morgan fingerprint density at radius 3 is 2.43 bits per heavy atom. The maximum absolute atomic E-state index is 13.1. The molecule has 0 aliphatic carbocycles. The summed E-state index contributed by atoms with van der Waals surface area (Å²) in [6.45, 7) is 1.31. The Kier molecular flexibility index (Phi) is 4.26. The van der Waals surface area contributed by atoms with Crippen LogP contribution < -0.4 is 0 Å². The summed E-state index contributed by atoms with van der Waals surface area (Å²) in [7, 11) is 1.04. The van der Waals surface area contributed by atoms with Crippen LogP contribution in [0, 0.1) is 0 Å². The molecule has 0 fully saturated rings. The molecule has 2 heterocycles. The first kappa shape index (κ1) is 17.8. The molecule has 1 N–H and O–H groups in total. The van der Waals surface area contributed by atoms with Gasteiger partial charge in [0.2, 0.25) is 5.72 Å². The van der Waals surface area contributed by atoms with Crippen LogP contribution >= 0.6 is 15.9 Å². The fourth-order valence-corrected chi connectivity index (χ4v) is 2.88. The number of carbonyl (C=O) groups is 1. The van der Waals surface area contributed by atoms with Gasteiger partial charge in [-0.25, -0.2) is 8.78 Å². The van der Waals surface area contributed by atoms with Gasteiger partial charge in [-0.05, 0) is 22.9 Å². The Morgan fingerprint density at radius 1 is 1.43 bits per heavy atom. The van der Waals surface area contributed by atoms with Crippen molar-refractivity contribution in [3.63, 3.8) is 0 Å². The third-order valence-electron chi connectivity index (χ3n) is 3.16. The summed E-state index contributed by atoms with van der Waals surface area (Å²) in [5.41, 5.74) is -4.92. The van der Waals surface area contributed by atoms with E-state index >= 15 is 0 Å². The lowest BCUT2D eigenvalue weighted by Crippen LogP contribution is -2.51. The van der Waals surface area contributed by atoms with Crippen LogP contribution in [-0.2, 0) is 13.2 Å². The highest BCUT2D eigenvalue weighted by Crippen LogP contribution is 2.38. The van der Waals surface area contributed by atoms with E-state index in [0.717, 1.165) is 7.05 Å². The van der Waals surface area contributed by atoms with Crippen LogP contribution in [0.4, 0.5) is 22.0 Å². The molecule has 12 heteroatoms. The van der Waals surface area contributed by atoms with Gasteiger partial charge < -0.3 is 5.11 Å². The summed E-state index contributed by atoms with van der Waals surface area (Å²) < 4.78 is 64.4. The number of alkyl halides is 5. The smallest absolute Gasteiger partial charge is 0.364 e.